The lowest BCUT2D eigenvalue weighted by molar-refractivity contribution is 0.304. The minimum atomic E-state index is 0.189. The van der Waals surface area contributed by atoms with Crippen LogP contribution in [0.3, 0.4) is 0 Å². The summed E-state index contributed by atoms with van der Waals surface area (Å²) in [5.74, 6) is 0.708. The van der Waals surface area contributed by atoms with Gasteiger partial charge in [-0.15, -0.1) is 0 Å². The fourth-order valence-corrected chi connectivity index (χ4v) is 2.61. The summed E-state index contributed by atoms with van der Waals surface area (Å²) in [5, 5.41) is 0.646. The number of nitrogens with zero attached hydrogens (tertiary/aromatic N) is 1. The molecule has 1 aliphatic rings. The number of benzene rings is 1. The van der Waals surface area contributed by atoms with Gasteiger partial charge < -0.3 is 10.5 Å². The van der Waals surface area contributed by atoms with Crippen molar-refractivity contribution in [2.75, 3.05) is 20.7 Å². The van der Waals surface area contributed by atoms with Gasteiger partial charge in [-0.25, -0.2) is 0 Å². The van der Waals surface area contributed by atoms with Crippen molar-refractivity contribution in [3.8, 4) is 5.75 Å². The SMILES string of the molecule is COc1ccc(C2C(N)CCN2C)cc1Cl. The van der Waals surface area contributed by atoms with Crippen molar-refractivity contribution in [1.82, 2.24) is 4.90 Å². The number of ether oxygens (including phenoxy) is 1. The molecule has 0 bridgehead atoms. The third-order valence-electron chi connectivity index (χ3n) is 3.21. The fraction of sp³-hybridized carbons (Fsp3) is 0.500. The van der Waals surface area contributed by atoms with Gasteiger partial charge in [0.1, 0.15) is 5.75 Å². The largest absolute Gasteiger partial charge is 0.495 e. The van der Waals surface area contributed by atoms with E-state index in [4.69, 9.17) is 22.1 Å². The number of halogens is 1. The van der Waals surface area contributed by atoms with Crippen LogP contribution in [0.2, 0.25) is 5.02 Å². The number of likely N-dealkylation sites (N-methyl/N-ethyl adjacent to an activating group) is 1. The number of rotatable bonds is 2. The predicted molar refractivity (Wildman–Crippen MR) is 66.0 cm³/mol. The molecule has 0 aliphatic carbocycles. The third-order valence-corrected chi connectivity index (χ3v) is 3.51. The molecule has 1 aromatic rings. The Bertz CT molecular complexity index is 373. The second-order valence-corrected chi connectivity index (χ2v) is 4.68. The lowest BCUT2D eigenvalue weighted by Crippen LogP contribution is -2.29. The first kappa shape index (κ1) is 11.7. The zero-order chi connectivity index (χ0) is 11.7. The van der Waals surface area contributed by atoms with Crippen molar-refractivity contribution >= 4 is 11.6 Å². The van der Waals surface area contributed by atoms with Crippen molar-refractivity contribution in [2.24, 2.45) is 5.73 Å². The molecule has 2 unspecified atom stereocenters. The zero-order valence-corrected chi connectivity index (χ0v) is 10.4. The summed E-state index contributed by atoms with van der Waals surface area (Å²) in [5.41, 5.74) is 7.27. The topological polar surface area (TPSA) is 38.5 Å². The van der Waals surface area contributed by atoms with Gasteiger partial charge in [-0.2, -0.15) is 0 Å². The van der Waals surface area contributed by atoms with Gasteiger partial charge in [0.2, 0.25) is 0 Å². The number of likely N-dealkylation sites (tertiary alicyclic amines) is 1. The van der Waals surface area contributed by atoms with Crippen molar-refractivity contribution in [2.45, 2.75) is 18.5 Å². The van der Waals surface area contributed by atoms with Gasteiger partial charge in [-0.05, 0) is 31.2 Å². The molecule has 3 nitrogen and oxygen atoms in total. The molecule has 1 saturated heterocycles. The minimum Gasteiger partial charge on any atom is -0.495 e. The maximum Gasteiger partial charge on any atom is 0.137 e. The van der Waals surface area contributed by atoms with Crippen LogP contribution >= 0.6 is 11.6 Å². The van der Waals surface area contributed by atoms with Crippen molar-refractivity contribution in [3.63, 3.8) is 0 Å². The molecular weight excluding hydrogens is 224 g/mol. The predicted octanol–water partition coefficient (Wildman–Crippen LogP) is 2.05. The maximum atomic E-state index is 6.12. The van der Waals surface area contributed by atoms with Crippen molar-refractivity contribution in [3.05, 3.63) is 28.8 Å². The summed E-state index contributed by atoms with van der Waals surface area (Å²) >= 11 is 6.12. The molecule has 0 aromatic heterocycles. The van der Waals surface area contributed by atoms with E-state index in [1.807, 2.05) is 18.2 Å². The number of nitrogens with two attached hydrogens (primary N) is 1. The highest BCUT2D eigenvalue weighted by atomic mass is 35.5. The Kier molecular flexibility index (Phi) is 3.38. The zero-order valence-electron chi connectivity index (χ0n) is 9.61. The molecule has 2 atom stereocenters. The maximum absolute atomic E-state index is 6.12. The Morgan fingerprint density at radius 2 is 2.25 bits per heavy atom. The van der Waals surface area contributed by atoms with Crippen LogP contribution in [0, 0.1) is 0 Å². The van der Waals surface area contributed by atoms with Crippen LogP contribution in [0.25, 0.3) is 0 Å². The Labute approximate surface area is 101 Å². The van der Waals surface area contributed by atoms with Gasteiger partial charge in [0.25, 0.3) is 0 Å². The van der Waals surface area contributed by atoms with E-state index in [1.54, 1.807) is 7.11 Å². The lowest BCUT2D eigenvalue weighted by atomic mass is 10.0. The average Bonchev–Trinajstić information content (AvgIpc) is 2.58. The van der Waals surface area contributed by atoms with Crippen molar-refractivity contribution in [1.29, 1.82) is 0 Å². The van der Waals surface area contributed by atoms with Crippen LogP contribution < -0.4 is 10.5 Å². The van der Waals surface area contributed by atoms with Crippen molar-refractivity contribution < 1.29 is 4.74 Å². The van der Waals surface area contributed by atoms with Gasteiger partial charge in [0, 0.05) is 18.6 Å². The highest BCUT2D eigenvalue weighted by Gasteiger charge is 2.30. The molecule has 2 rings (SSSR count). The van der Waals surface area contributed by atoms with Gasteiger partial charge in [-0.1, -0.05) is 17.7 Å². The standard InChI is InChI=1S/C12H17ClN2O/c1-15-6-5-10(14)12(15)8-3-4-11(16-2)9(13)7-8/h3-4,7,10,12H,5-6,14H2,1-2H3. The molecule has 0 spiro atoms. The highest BCUT2D eigenvalue weighted by molar-refractivity contribution is 6.32. The van der Waals surface area contributed by atoms with Crippen LogP contribution in [0.15, 0.2) is 18.2 Å². The summed E-state index contributed by atoms with van der Waals surface area (Å²) < 4.78 is 5.14. The molecule has 1 fully saturated rings. The van der Waals surface area contributed by atoms with Crippen LogP contribution in [0.1, 0.15) is 18.0 Å². The second-order valence-electron chi connectivity index (χ2n) is 4.27. The number of methoxy groups -OCH3 is 1. The van der Waals surface area contributed by atoms with Gasteiger partial charge in [0.05, 0.1) is 12.1 Å². The normalized spacial score (nSPS) is 26.0. The molecule has 1 heterocycles. The first-order chi connectivity index (χ1) is 7.63. The fourth-order valence-electron chi connectivity index (χ4n) is 2.34. The van der Waals surface area contributed by atoms with E-state index in [0.717, 1.165) is 13.0 Å². The summed E-state index contributed by atoms with van der Waals surface area (Å²) in [7, 11) is 3.71. The Morgan fingerprint density at radius 1 is 1.50 bits per heavy atom. The van der Waals surface area contributed by atoms with E-state index < -0.39 is 0 Å². The van der Waals surface area contributed by atoms with E-state index in [-0.39, 0.29) is 12.1 Å². The number of hydrogen-bond donors (Lipinski definition) is 1. The Morgan fingerprint density at radius 3 is 2.75 bits per heavy atom. The smallest absolute Gasteiger partial charge is 0.137 e. The molecule has 4 heteroatoms. The molecule has 1 aliphatic heterocycles. The van der Waals surface area contributed by atoms with E-state index in [2.05, 4.69) is 11.9 Å². The molecule has 16 heavy (non-hydrogen) atoms. The van der Waals surface area contributed by atoms with Gasteiger partial charge >= 0.3 is 0 Å². The summed E-state index contributed by atoms with van der Waals surface area (Å²) in [4.78, 5) is 2.27. The first-order valence-electron chi connectivity index (χ1n) is 5.42. The summed E-state index contributed by atoms with van der Waals surface area (Å²) in [6.07, 6.45) is 1.03. The molecule has 1 aromatic carbocycles. The van der Waals surface area contributed by atoms with Crippen LogP contribution in [0.5, 0.6) is 5.75 Å². The minimum absolute atomic E-state index is 0.189. The van der Waals surface area contributed by atoms with E-state index in [1.165, 1.54) is 5.56 Å². The van der Waals surface area contributed by atoms with Crippen LogP contribution in [0.4, 0.5) is 0 Å². The quantitative estimate of drug-likeness (QED) is 0.860. The Hall–Kier alpha value is -0.770. The molecule has 0 amide bonds. The van der Waals surface area contributed by atoms with Gasteiger partial charge in [-0.3, -0.25) is 4.90 Å². The van der Waals surface area contributed by atoms with Crippen LogP contribution in [-0.2, 0) is 0 Å². The van der Waals surface area contributed by atoms with Crippen LogP contribution in [-0.4, -0.2) is 31.6 Å². The highest BCUT2D eigenvalue weighted by Crippen LogP contribution is 2.34. The average molecular weight is 241 g/mol. The second kappa shape index (κ2) is 4.62. The molecule has 0 saturated carbocycles. The number of hydrogen-bond acceptors (Lipinski definition) is 3. The van der Waals surface area contributed by atoms with E-state index in [0.29, 0.717) is 10.8 Å². The third kappa shape index (κ3) is 2.03. The van der Waals surface area contributed by atoms with Gasteiger partial charge in [0.15, 0.2) is 0 Å². The first-order valence-corrected chi connectivity index (χ1v) is 5.80. The lowest BCUT2D eigenvalue weighted by Gasteiger charge is -2.23. The molecule has 0 radical (unpaired) electrons. The molecule has 2 N–H and O–H groups in total. The summed E-state index contributed by atoms with van der Waals surface area (Å²) in [6.45, 7) is 1.04. The molecule has 88 valence electrons. The Balaban J connectivity index is 2.30. The van der Waals surface area contributed by atoms with E-state index in [9.17, 15) is 0 Å². The summed E-state index contributed by atoms with van der Waals surface area (Å²) in [6, 6.07) is 6.35. The molecular formula is C12H17ClN2O. The monoisotopic (exact) mass is 240 g/mol. The van der Waals surface area contributed by atoms with E-state index >= 15 is 0 Å².